The van der Waals surface area contributed by atoms with Crippen LogP contribution < -0.4 is 10.1 Å². The normalized spacial score (nSPS) is 10.5. The lowest BCUT2D eigenvalue weighted by molar-refractivity contribution is 0.112. The van der Waals surface area contributed by atoms with E-state index in [9.17, 15) is 9.18 Å². The summed E-state index contributed by atoms with van der Waals surface area (Å²) in [6, 6.07) is 4.55. The second kappa shape index (κ2) is 5.65. The van der Waals surface area contributed by atoms with E-state index in [2.05, 4.69) is 10.3 Å². The number of pyridine rings is 1. The van der Waals surface area contributed by atoms with Crippen molar-refractivity contribution in [2.24, 2.45) is 0 Å². The smallest absolute Gasteiger partial charge is 0.167 e. The van der Waals surface area contributed by atoms with Crippen LogP contribution in [-0.4, -0.2) is 24.4 Å². The average Bonchev–Trinajstić information content (AvgIpc) is 2.40. The van der Waals surface area contributed by atoms with E-state index < -0.39 is 5.82 Å². The summed E-state index contributed by atoms with van der Waals surface area (Å²) < 4.78 is 18.9. The molecule has 100 valence electrons. The largest absolute Gasteiger partial charge is 0.491 e. The molecule has 1 aromatic carbocycles. The molecule has 0 spiro atoms. The van der Waals surface area contributed by atoms with Gasteiger partial charge in [0.05, 0.1) is 17.7 Å². The molecule has 0 aliphatic carbocycles. The second-order valence-corrected chi connectivity index (χ2v) is 3.98. The van der Waals surface area contributed by atoms with Gasteiger partial charge in [-0.15, -0.1) is 0 Å². The minimum atomic E-state index is -0.455. The minimum Gasteiger partial charge on any atom is -0.491 e. The topological polar surface area (TPSA) is 51.2 Å². The number of nitrogens with one attached hydrogen (secondary N) is 1. The van der Waals surface area contributed by atoms with Gasteiger partial charge in [-0.3, -0.25) is 4.79 Å². The Kier molecular flexibility index (Phi) is 3.94. The number of aromatic nitrogens is 1. The molecule has 2 aromatic rings. The zero-order valence-corrected chi connectivity index (χ0v) is 10.9. The van der Waals surface area contributed by atoms with Gasteiger partial charge in [-0.05, 0) is 26.0 Å². The number of benzene rings is 1. The molecule has 0 unspecified atom stereocenters. The molecular formula is C14H15FN2O2. The molecule has 0 aliphatic heterocycles. The van der Waals surface area contributed by atoms with Crippen molar-refractivity contribution >= 4 is 23.0 Å². The molecule has 1 N–H and O–H groups in total. The van der Waals surface area contributed by atoms with E-state index in [1.54, 1.807) is 19.1 Å². The van der Waals surface area contributed by atoms with E-state index >= 15 is 0 Å². The van der Waals surface area contributed by atoms with Gasteiger partial charge in [-0.1, -0.05) is 0 Å². The number of carbonyl (C=O) groups excluding carboxylic acids is 1. The molecule has 0 bridgehead atoms. The zero-order chi connectivity index (χ0) is 13.8. The number of fused-ring (bicyclic) bond motifs is 1. The van der Waals surface area contributed by atoms with Crippen LogP contribution >= 0.6 is 0 Å². The van der Waals surface area contributed by atoms with Crippen molar-refractivity contribution in [1.82, 2.24) is 4.98 Å². The number of nitrogens with zero attached hydrogens (tertiary/aromatic N) is 1. The number of carbonyl (C=O) groups is 1. The Bertz CT molecular complexity index is 614. The van der Waals surface area contributed by atoms with E-state index in [1.165, 1.54) is 6.07 Å². The lowest BCUT2D eigenvalue weighted by atomic mass is 10.1. The fourth-order valence-electron chi connectivity index (χ4n) is 1.86. The summed E-state index contributed by atoms with van der Waals surface area (Å²) in [6.07, 6.45) is 0.730. The Morgan fingerprint density at radius 2 is 2.16 bits per heavy atom. The third-order valence-electron chi connectivity index (χ3n) is 2.67. The first-order valence-electron chi connectivity index (χ1n) is 6.15. The fourth-order valence-corrected chi connectivity index (χ4v) is 1.86. The lowest BCUT2D eigenvalue weighted by Gasteiger charge is -2.10. The van der Waals surface area contributed by atoms with Crippen molar-refractivity contribution in [2.75, 3.05) is 18.5 Å². The number of hydrogen-bond donors (Lipinski definition) is 1. The first-order chi connectivity index (χ1) is 9.19. The van der Waals surface area contributed by atoms with Crippen LogP contribution in [-0.2, 0) is 0 Å². The van der Waals surface area contributed by atoms with Crippen LogP contribution in [0.15, 0.2) is 18.2 Å². The summed E-state index contributed by atoms with van der Waals surface area (Å²) in [5.74, 6) is 0.182. The maximum atomic E-state index is 13.8. The predicted molar refractivity (Wildman–Crippen MR) is 72.4 cm³/mol. The molecule has 4 nitrogen and oxygen atoms in total. The highest BCUT2D eigenvalue weighted by Crippen LogP contribution is 2.26. The third kappa shape index (κ3) is 2.65. The van der Waals surface area contributed by atoms with Gasteiger partial charge in [0.2, 0.25) is 0 Å². The van der Waals surface area contributed by atoms with Crippen LogP contribution in [0.4, 0.5) is 10.2 Å². The molecule has 0 amide bonds. The van der Waals surface area contributed by atoms with Crippen molar-refractivity contribution in [1.29, 1.82) is 0 Å². The number of aldehydes is 1. The standard InChI is InChI=1S/C14H15FN2O2/c1-3-16-14-10(8-18)5-9-6-13(19-4-2)11(15)7-12(9)17-14/h5-8H,3-4H2,1-2H3,(H,16,17). The number of rotatable bonds is 5. The minimum absolute atomic E-state index is 0.171. The first kappa shape index (κ1) is 13.3. The van der Waals surface area contributed by atoms with Crippen LogP contribution in [0.2, 0.25) is 0 Å². The quantitative estimate of drug-likeness (QED) is 0.841. The van der Waals surface area contributed by atoms with Crippen LogP contribution in [0.25, 0.3) is 10.9 Å². The van der Waals surface area contributed by atoms with Crippen molar-refractivity contribution in [3.05, 3.63) is 29.6 Å². The van der Waals surface area contributed by atoms with Crippen molar-refractivity contribution in [3.63, 3.8) is 0 Å². The van der Waals surface area contributed by atoms with Gasteiger partial charge in [0.15, 0.2) is 17.9 Å². The fraction of sp³-hybridized carbons (Fsp3) is 0.286. The summed E-state index contributed by atoms with van der Waals surface area (Å²) in [6.45, 7) is 4.71. The van der Waals surface area contributed by atoms with Crippen LogP contribution in [0, 0.1) is 5.82 Å². The number of anilines is 1. The average molecular weight is 262 g/mol. The number of hydrogen-bond acceptors (Lipinski definition) is 4. The molecule has 0 saturated carbocycles. The van der Waals surface area contributed by atoms with Gasteiger partial charge in [0.25, 0.3) is 0 Å². The van der Waals surface area contributed by atoms with E-state index in [0.29, 0.717) is 35.4 Å². The molecule has 2 rings (SSSR count). The highest BCUT2D eigenvalue weighted by atomic mass is 19.1. The second-order valence-electron chi connectivity index (χ2n) is 3.98. The van der Waals surface area contributed by atoms with E-state index in [4.69, 9.17) is 4.74 Å². The van der Waals surface area contributed by atoms with Crippen LogP contribution in [0.5, 0.6) is 5.75 Å². The van der Waals surface area contributed by atoms with Crippen LogP contribution in [0.1, 0.15) is 24.2 Å². The Hall–Kier alpha value is -2.17. The molecule has 1 aromatic heterocycles. The molecule has 0 saturated heterocycles. The Morgan fingerprint density at radius 1 is 1.37 bits per heavy atom. The Labute approximate surface area is 110 Å². The van der Waals surface area contributed by atoms with E-state index in [1.807, 2.05) is 6.92 Å². The molecule has 0 fully saturated rings. The highest BCUT2D eigenvalue weighted by molar-refractivity contribution is 5.92. The van der Waals surface area contributed by atoms with Crippen molar-refractivity contribution < 1.29 is 13.9 Å². The Balaban J connectivity index is 2.60. The van der Waals surface area contributed by atoms with Gasteiger partial charge >= 0.3 is 0 Å². The molecule has 0 atom stereocenters. The van der Waals surface area contributed by atoms with Gasteiger partial charge in [0.1, 0.15) is 5.82 Å². The summed E-state index contributed by atoms with van der Waals surface area (Å²) in [7, 11) is 0. The predicted octanol–water partition coefficient (Wildman–Crippen LogP) is 3.02. The molecule has 19 heavy (non-hydrogen) atoms. The molecule has 0 radical (unpaired) electrons. The van der Waals surface area contributed by atoms with Crippen LogP contribution in [0.3, 0.4) is 0 Å². The van der Waals surface area contributed by atoms with Crippen molar-refractivity contribution in [3.8, 4) is 5.75 Å². The monoisotopic (exact) mass is 262 g/mol. The summed E-state index contributed by atoms with van der Waals surface area (Å²) in [4.78, 5) is 15.3. The Morgan fingerprint density at radius 3 is 2.79 bits per heavy atom. The number of ether oxygens (including phenoxy) is 1. The van der Waals surface area contributed by atoms with E-state index in [-0.39, 0.29) is 5.75 Å². The summed E-state index contributed by atoms with van der Waals surface area (Å²) in [5, 5.41) is 3.66. The van der Waals surface area contributed by atoms with Gasteiger partial charge in [-0.25, -0.2) is 9.37 Å². The maximum Gasteiger partial charge on any atom is 0.167 e. The highest BCUT2D eigenvalue weighted by Gasteiger charge is 2.10. The molecule has 1 heterocycles. The van der Waals surface area contributed by atoms with E-state index in [0.717, 1.165) is 6.29 Å². The van der Waals surface area contributed by atoms with Gasteiger partial charge < -0.3 is 10.1 Å². The summed E-state index contributed by atoms with van der Waals surface area (Å²) in [5.41, 5.74) is 0.936. The third-order valence-corrected chi connectivity index (χ3v) is 2.67. The molecule has 0 aliphatic rings. The lowest BCUT2D eigenvalue weighted by Crippen LogP contribution is -2.04. The number of halogens is 1. The van der Waals surface area contributed by atoms with Crippen molar-refractivity contribution in [2.45, 2.75) is 13.8 Å². The van der Waals surface area contributed by atoms with Gasteiger partial charge in [0, 0.05) is 18.0 Å². The summed E-state index contributed by atoms with van der Waals surface area (Å²) >= 11 is 0. The van der Waals surface area contributed by atoms with Gasteiger partial charge in [-0.2, -0.15) is 0 Å². The first-order valence-corrected chi connectivity index (χ1v) is 6.15. The SMILES string of the molecule is CCNc1nc2cc(F)c(OCC)cc2cc1C=O. The zero-order valence-electron chi connectivity index (χ0n) is 10.9. The molecular weight excluding hydrogens is 247 g/mol. The molecule has 5 heteroatoms. The maximum absolute atomic E-state index is 13.8.